The van der Waals surface area contributed by atoms with E-state index in [1.807, 2.05) is 23.1 Å². The van der Waals surface area contributed by atoms with Gasteiger partial charge < -0.3 is 15.7 Å². The van der Waals surface area contributed by atoms with E-state index in [0.29, 0.717) is 27.9 Å². The molecule has 0 spiro atoms. The highest BCUT2D eigenvalue weighted by Gasteiger charge is 2.35. The van der Waals surface area contributed by atoms with Crippen LogP contribution in [0.2, 0.25) is 10.0 Å². The van der Waals surface area contributed by atoms with E-state index in [-0.39, 0.29) is 13.1 Å². The number of halogens is 2. The van der Waals surface area contributed by atoms with Crippen LogP contribution in [0, 0.1) is 0 Å². The summed E-state index contributed by atoms with van der Waals surface area (Å²) < 4.78 is 0. The van der Waals surface area contributed by atoms with Crippen LogP contribution >= 0.6 is 23.2 Å². The molecule has 1 saturated heterocycles. The Bertz CT molecular complexity index is 1140. The Hall–Kier alpha value is -3.10. The summed E-state index contributed by atoms with van der Waals surface area (Å²) in [5.41, 5.74) is 7.75. The molecule has 1 unspecified atom stereocenters. The lowest BCUT2D eigenvalue weighted by atomic mass is 10.0. The van der Waals surface area contributed by atoms with E-state index in [4.69, 9.17) is 28.9 Å². The Labute approximate surface area is 181 Å². The Balaban J connectivity index is 1.78. The number of carbonyl (C=O) groups excluding carboxylic acids is 1. The average Bonchev–Trinajstić information content (AvgIpc) is 2.73. The normalized spacial score (nSPS) is 16.7. The molecule has 0 bridgehead atoms. The molecule has 0 saturated carbocycles. The topological polar surface area (TPSA) is 113 Å². The minimum atomic E-state index is -1.18. The number of hydrogen-bond donors (Lipinski definition) is 2. The van der Waals surface area contributed by atoms with Gasteiger partial charge in [0.1, 0.15) is 18.2 Å². The average molecular weight is 446 g/mol. The predicted octanol–water partition coefficient (Wildman–Crippen LogP) is 3.26. The fourth-order valence-corrected chi connectivity index (χ4v) is 4.01. The molecule has 154 valence electrons. The summed E-state index contributed by atoms with van der Waals surface area (Å²) in [5.74, 6) is -0.117. The minimum absolute atomic E-state index is 0.104. The molecule has 2 amide bonds. The fraction of sp³-hybridized carbons (Fsp3) is 0.200. The number of fused-ring (bicyclic) bond motifs is 1. The van der Waals surface area contributed by atoms with Crippen molar-refractivity contribution < 1.29 is 14.7 Å². The molecule has 1 atom stereocenters. The highest BCUT2D eigenvalue weighted by Crippen LogP contribution is 2.35. The van der Waals surface area contributed by atoms with Gasteiger partial charge in [0.2, 0.25) is 5.91 Å². The molecule has 1 aromatic heterocycles. The number of nitrogens with two attached hydrogens (primary N) is 1. The van der Waals surface area contributed by atoms with E-state index < -0.39 is 18.0 Å². The van der Waals surface area contributed by atoms with Gasteiger partial charge in [-0.05, 0) is 29.8 Å². The lowest BCUT2D eigenvalue weighted by molar-refractivity contribution is -0.122. The number of amides is 2. The number of aromatic nitrogens is 2. The van der Waals surface area contributed by atoms with Gasteiger partial charge in [-0.25, -0.2) is 14.8 Å². The van der Waals surface area contributed by atoms with Crippen molar-refractivity contribution in [3.63, 3.8) is 0 Å². The summed E-state index contributed by atoms with van der Waals surface area (Å²) >= 11 is 12.5. The fourth-order valence-electron chi connectivity index (χ4n) is 3.61. The standard InChI is InChI=1S/C20H17Cl2N5O3/c21-12-3-1-11(2-4-12)13-7-14-16(8-15(13)22)24-10-25-19(14)26-5-6-27(20(29)30)17(9-26)18(23)28/h1-4,7-8,10,17H,5-6,9H2,(H2,23,28)(H,29,30). The van der Waals surface area contributed by atoms with E-state index >= 15 is 0 Å². The molecule has 0 aliphatic carbocycles. The third-order valence-electron chi connectivity index (χ3n) is 5.11. The summed E-state index contributed by atoms with van der Waals surface area (Å²) in [7, 11) is 0. The third kappa shape index (κ3) is 3.71. The van der Waals surface area contributed by atoms with Gasteiger partial charge in [0.05, 0.1) is 10.5 Å². The Morgan fingerprint density at radius 2 is 1.83 bits per heavy atom. The van der Waals surface area contributed by atoms with Crippen LogP contribution in [-0.4, -0.2) is 57.7 Å². The van der Waals surface area contributed by atoms with Gasteiger partial charge in [0, 0.05) is 35.6 Å². The first-order valence-corrected chi connectivity index (χ1v) is 9.85. The number of benzene rings is 2. The van der Waals surface area contributed by atoms with Gasteiger partial charge in [0.15, 0.2) is 0 Å². The first-order chi connectivity index (χ1) is 14.3. The quantitative estimate of drug-likeness (QED) is 0.639. The molecule has 3 aromatic rings. The smallest absolute Gasteiger partial charge is 0.408 e. The third-order valence-corrected chi connectivity index (χ3v) is 5.68. The van der Waals surface area contributed by atoms with Crippen molar-refractivity contribution in [2.45, 2.75) is 6.04 Å². The van der Waals surface area contributed by atoms with Crippen LogP contribution in [0.15, 0.2) is 42.7 Å². The zero-order valence-electron chi connectivity index (χ0n) is 15.6. The second-order valence-electron chi connectivity index (χ2n) is 6.89. The highest BCUT2D eigenvalue weighted by atomic mass is 35.5. The van der Waals surface area contributed by atoms with Crippen molar-refractivity contribution in [2.75, 3.05) is 24.5 Å². The van der Waals surface area contributed by atoms with Gasteiger partial charge in [-0.1, -0.05) is 35.3 Å². The van der Waals surface area contributed by atoms with Crippen molar-refractivity contribution in [2.24, 2.45) is 5.73 Å². The Morgan fingerprint density at radius 3 is 2.50 bits per heavy atom. The van der Waals surface area contributed by atoms with Crippen LogP contribution in [0.25, 0.3) is 22.0 Å². The summed E-state index contributed by atoms with van der Waals surface area (Å²) in [6, 6.07) is 9.97. The van der Waals surface area contributed by atoms with E-state index in [2.05, 4.69) is 9.97 Å². The van der Waals surface area contributed by atoms with E-state index in [9.17, 15) is 14.7 Å². The van der Waals surface area contributed by atoms with Crippen LogP contribution in [0.1, 0.15) is 0 Å². The van der Waals surface area contributed by atoms with Crippen LogP contribution in [0.3, 0.4) is 0 Å². The number of piperazine rings is 1. The van der Waals surface area contributed by atoms with Gasteiger partial charge >= 0.3 is 6.09 Å². The zero-order chi connectivity index (χ0) is 21.4. The van der Waals surface area contributed by atoms with E-state index in [1.165, 1.54) is 6.33 Å². The molecular formula is C20H17Cl2N5O3. The second-order valence-corrected chi connectivity index (χ2v) is 7.74. The van der Waals surface area contributed by atoms with Crippen molar-refractivity contribution in [1.29, 1.82) is 0 Å². The summed E-state index contributed by atoms with van der Waals surface area (Å²) in [4.78, 5) is 34.9. The van der Waals surface area contributed by atoms with Gasteiger partial charge in [-0.15, -0.1) is 0 Å². The van der Waals surface area contributed by atoms with Crippen LogP contribution < -0.4 is 10.6 Å². The first kappa shape index (κ1) is 20.2. The molecule has 2 heterocycles. The minimum Gasteiger partial charge on any atom is -0.465 e. The maximum absolute atomic E-state index is 11.9. The lowest BCUT2D eigenvalue weighted by Gasteiger charge is -2.39. The molecule has 30 heavy (non-hydrogen) atoms. The van der Waals surface area contributed by atoms with Crippen LogP contribution in [0.5, 0.6) is 0 Å². The number of anilines is 1. The van der Waals surface area contributed by atoms with Crippen molar-refractivity contribution in [3.05, 3.63) is 52.8 Å². The molecule has 10 heteroatoms. The van der Waals surface area contributed by atoms with Gasteiger partial charge in [-0.3, -0.25) is 9.69 Å². The van der Waals surface area contributed by atoms with Crippen LogP contribution in [-0.2, 0) is 4.79 Å². The molecule has 3 N–H and O–H groups in total. The largest absolute Gasteiger partial charge is 0.465 e. The molecule has 4 rings (SSSR count). The van der Waals surface area contributed by atoms with Crippen LogP contribution in [0.4, 0.5) is 10.6 Å². The monoisotopic (exact) mass is 445 g/mol. The van der Waals surface area contributed by atoms with E-state index in [0.717, 1.165) is 21.4 Å². The molecule has 8 nitrogen and oxygen atoms in total. The lowest BCUT2D eigenvalue weighted by Crippen LogP contribution is -2.59. The first-order valence-electron chi connectivity index (χ1n) is 9.09. The maximum Gasteiger partial charge on any atom is 0.408 e. The number of nitrogens with zero attached hydrogens (tertiary/aromatic N) is 4. The van der Waals surface area contributed by atoms with Crippen molar-refractivity contribution in [1.82, 2.24) is 14.9 Å². The maximum atomic E-state index is 11.9. The predicted molar refractivity (Wildman–Crippen MR) is 115 cm³/mol. The molecule has 1 aliphatic heterocycles. The Kier molecular flexibility index (Phi) is 5.36. The second kappa shape index (κ2) is 7.97. The molecule has 2 aromatic carbocycles. The number of rotatable bonds is 3. The number of primary amides is 1. The summed E-state index contributed by atoms with van der Waals surface area (Å²) in [6.07, 6.45) is 0.238. The number of carbonyl (C=O) groups is 2. The SMILES string of the molecule is NC(=O)C1CN(c2ncnc3cc(Cl)c(-c4ccc(Cl)cc4)cc23)CCN1C(=O)O. The van der Waals surface area contributed by atoms with Gasteiger partial charge in [-0.2, -0.15) is 0 Å². The zero-order valence-corrected chi connectivity index (χ0v) is 17.1. The van der Waals surface area contributed by atoms with Gasteiger partial charge in [0.25, 0.3) is 0 Å². The van der Waals surface area contributed by atoms with Crippen molar-refractivity contribution >= 4 is 51.9 Å². The summed E-state index contributed by atoms with van der Waals surface area (Å²) in [6.45, 7) is 0.597. The molecule has 1 fully saturated rings. The highest BCUT2D eigenvalue weighted by molar-refractivity contribution is 6.34. The molecule has 0 radical (unpaired) electrons. The number of carboxylic acid groups (broad SMARTS) is 1. The van der Waals surface area contributed by atoms with E-state index in [1.54, 1.807) is 18.2 Å². The Morgan fingerprint density at radius 1 is 1.10 bits per heavy atom. The summed E-state index contributed by atoms with van der Waals surface area (Å²) in [5, 5.41) is 11.2. The van der Waals surface area contributed by atoms with Crippen molar-refractivity contribution in [3.8, 4) is 11.1 Å². The molecule has 1 aliphatic rings. The number of hydrogen-bond acceptors (Lipinski definition) is 5. The molecular weight excluding hydrogens is 429 g/mol.